The Bertz CT molecular complexity index is 1220. The van der Waals surface area contributed by atoms with Crippen LogP contribution < -0.4 is 15.0 Å². The molecule has 1 aliphatic rings. The summed E-state index contributed by atoms with van der Waals surface area (Å²) in [6.45, 7) is 2.03. The summed E-state index contributed by atoms with van der Waals surface area (Å²) in [5, 5.41) is 3.38. The van der Waals surface area contributed by atoms with E-state index in [1.807, 2.05) is 19.1 Å². The van der Waals surface area contributed by atoms with Crippen molar-refractivity contribution in [2.75, 3.05) is 17.3 Å². The Morgan fingerprint density at radius 3 is 2.25 bits per heavy atom. The van der Waals surface area contributed by atoms with E-state index < -0.39 is 17.6 Å². The minimum absolute atomic E-state index is 0.0856. The average Bonchev–Trinajstić information content (AvgIpc) is 3.04. The van der Waals surface area contributed by atoms with E-state index in [9.17, 15) is 14.0 Å². The zero-order valence-corrected chi connectivity index (χ0v) is 18.2. The molecule has 1 aliphatic heterocycles. The Kier molecular flexibility index (Phi) is 5.97. The van der Waals surface area contributed by atoms with Crippen molar-refractivity contribution < 1.29 is 18.7 Å². The molecule has 0 radical (unpaired) electrons. The number of ether oxygens (including phenoxy) is 1. The van der Waals surface area contributed by atoms with Crippen molar-refractivity contribution in [1.29, 1.82) is 0 Å². The van der Waals surface area contributed by atoms with Gasteiger partial charge in [0.1, 0.15) is 17.3 Å². The van der Waals surface area contributed by atoms with Gasteiger partial charge in [0.15, 0.2) is 0 Å². The van der Waals surface area contributed by atoms with E-state index in [2.05, 4.69) is 5.32 Å². The topological polar surface area (TPSA) is 58.6 Å². The molecule has 7 heteroatoms. The smallest absolute Gasteiger partial charge is 0.282 e. The SMILES string of the molecule is CCc1ccc(N2C(=O)C(Nc3ccc(OC)c(Cl)c3)=C(c3ccc(F)cc3)C2=O)cc1. The molecule has 1 heterocycles. The first-order valence-corrected chi connectivity index (χ1v) is 10.4. The van der Waals surface area contributed by atoms with Crippen LogP contribution in [0.3, 0.4) is 0 Å². The van der Waals surface area contributed by atoms with Crippen LogP contribution in [0.5, 0.6) is 5.75 Å². The van der Waals surface area contributed by atoms with Gasteiger partial charge in [0.25, 0.3) is 11.8 Å². The number of benzene rings is 3. The van der Waals surface area contributed by atoms with Crippen molar-refractivity contribution >= 4 is 40.4 Å². The van der Waals surface area contributed by atoms with Gasteiger partial charge in [-0.3, -0.25) is 9.59 Å². The monoisotopic (exact) mass is 450 g/mol. The van der Waals surface area contributed by atoms with E-state index in [0.29, 0.717) is 27.7 Å². The molecule has 0 saturated carbocycles. The molecule has 0 bridgehead atoms. The number of methoxy groups -OCH3 is 1. The summed E-state index contributed by atoms with van der Waals surface area (Å²) < 4.78 is 18.7. The number of aryl methyl sites for hydroxylation is 1. The number of hydrogen-bond acceptors (Lipinski definition) is 4. The Labute approximate surface area is 190 Å². The van der Waals surface area contributed by atoms with Gasteiger partial charge in [-0.05, 0) is 60.0 Å². The summed E-state index contributed by atoms with van der Waals surface area (Å²) in [5.74, 6) is -0.954. The molecule has 162 valence electrons. The van der Waals surface area contributed by atoms with Crippen LogP contribution in [-0.2, 0) is 16.0 Å². The molecule has 5 nitrogen and oxygen atoms in total. The lowest BCUT2D eigenvalue weighted by atomic mass is 10.0. The van der Waals surface area contributed by atoms with Crippen molar-refractivity contribution in [3.05, 3.63) is 94.4 Å². The lowest BCUT2D eigenvalue weighted by Gasteiger charge is -2.16. The number of nitrogens with zero attached hydrogens (tertiary/aromatic N) is 1. The van der Waals surface area contributed by atoms with Gasteiger partial charge in [-0.1, -0.05) is 42.8 Å². The highest BCUT2D eigenvalue weighted by Crippen LogP contribution is 2.35. The predicted octanol–water partition coefficient (Wildman–Crippen LogP) is 5.45. The van der Waals surface area contributed by atoms with Crippen molar-refractivity contribution in [3.8, 4) is 5.75 Å². The maximum atomic E-state index is 13.5. The standard InChI is InChI=1S/C25H20ClFN2O3/c1-3-15-4-11-19(12-5-15)29-24(30)22(16-6-8-17(27)9-7-16)23(25(29)31)28-18-10-13-21(32-2)20(26)14-18/h4-14,28H,3H2,1-2H3. The molecule has 2 amide bonds. The Morgan fingerprint density at radius 2 is 1.66 bits per heavy atom. The van der Waals surface area contributed by atoms with E-state index in [0.717, 1.165) is 16.9 Å². The number of nitrogens with one attached hydrogen (secondary N) is 1. The molecule has 0 aliphatic carbocycles. The quantitative estimate of drug-likeness (QED) is 0.507. The molecule has 1 N–H and O–H groups in total. The van der Waals surface area contributed by atoms with E-state index in [-0.39, 0.29) is 11.3 Å². The maximum absolute atomic E-state index is 13.5. The molecule has 3 aromatic carbocycles. The molecule has 0 unspecified atom stereocenters. The van der Waals surface area contributed by atoms with Crippen LogP contribution in [-0.4, -0.2) is 18.9 Å². The van der Waals surface area contributed by atoms with Crippen LogP contribution in [0.1, 0.15) is 18.1 Å². The third-order valence-corrected chi connectivity index (χ3v) is 5.54. The number of imide groups is 1. The molecule has 0 saturated heterocycles. The second-order valence-electron chi connectivity index (χ2n) is 7.20. The zero-order valence-electron chi connectivity index (χ0n) is 17.5. The summed E-state index contributed by atoms with van der Waals surface area (Å²) >= 11 is 6.22. The molecule has 3 aromatic rings. The number of rotatable bonds is 6. The maximum Gasteiger partial charge on any atom is 0.282 e. The van der Waals surface area contributed by atoms with Crippen molar-refractivity contribution in [3.63, 3.8) is 0 Å². The van der Waals surface area contributed by atoms with Gasteiger partial charge in [-0.25, -0.2) is 9.29 Å². The lowest BCUT2D eigenvalue weighted by molar-refractivity contribution is -0.120. The Balaban J connectivity index is 1.78. The lowest BCUT2D eigenvalue weighted by Crippen LogP contribution is -2.32. The van der Waals surface area contributed by atoms with Crippen molar-refractivity contribution in [1.82, 2.24) is 0 Å². The molecular formula is C25H20ClFN2O3. The summed E-state index contributed by atoms with van der Waals surface area (Å²) in [6, 6.07) is 17.6. The van der Waals surface area contributed by atoms with Crippen LogP contribution in [0.15, 0.2) is 72.4 Å². The number of hydrogen-bond donors (Lipinski definition) is 1. The highest BCUT2D eigenvalue weighted by atomic mass is 35.5. The fraction of sp³-hybridized carbons (Fsp3) is 0.120. The molecule has 0 fully saturated rings. The largest absolute Gasteiger partial charge is 0.495 e. The Hall–Kier alpha value is -3.64. The molecule has 32 heavy (non-hydrogen) atoms. The fourth-order valence-electron chi connectivity index (χ4n) is 3.53. The first-order valence-electron chi connectivity index (χ1n) is 10.0. The van der Waals surface area contributed by atoms with E-state index in [1.54, 1.807) is 30.3 Å². The van der Waals surface area contributed by atoms with Crippen LogP contribution in [0.2, 0.25) is 5.02 Å². The van der Waals surface area contributed by atoms with E-state index in [1.165, 1.54) is 31.4 Å². The molecular weight excluding hydrogens is 431 g/mol. The van der Waals surface area contributed by atoms with Gasteiger partial charge in [0.05, 0.1) is 23.4 Å². The van der Waals surface area contributed by atoms with Crippen LogP contribution >= 0.6 is 11.6 Å². The van der Waals surface area contributed by atoms with Gasteiger partial charge < -0.3 is 10.1 Å². The van der Waals surface area contributed by atoms with Crippen LogP contribution in [0, 0.1) is 5.82 Å². The van der Waals surface area contributed by atoms with Crippen molar-refractivity contribution in [2.24, 2.45) is 0 Å². The molecule has 0 atom stereocenters. The second kappa shape index (κ2) is 8.85. The minimum Gasteiger partial charge on any atom is -0.495 e. The molecule has 0 spiro atoms. The summed E-state index contributed by atoms with van der Waals surface area (Å²) in [7, 11) is 1.50. The van der Waals surface area contributed by atoms with Gasteiger partial charge in [-0.2, -0.15) is 0 Å². The number of halogens is 2. The van der Waals surface area contributed by atoms with Crippen LogP contribution in [0.4, 0.5) is 15.8 Å². The average molecular weight is 451 g/mol. The van der Waals surface area contributed by atoms with E-state index in [4.69, 9.17) is 16.3 Å². The number of amides is 2. The van der Waals surface area contributed by atoms with Gasteiger partial charge in [0, 0.05) is 5.69 Å². The van der Waals surface area contributed by atoms with Gasteiger partial charge >= 0.3 is 0 Å². The first kappa shape index (κ1) is 21.6. The van der Waals surface area contributed by atoms with Crippen LogP contribution in [0.25, 0.3) is 5.57 Å². The highest BCUT2D eigenvalue weighted by Gasteiger charge is 2.40. The summed E-state index contributed by atoms with van der Waals surface area (Å²) in [6.07, 6.45) is 0.840. The predicted molar refractivity (Wildman–Crippen MR) is 123 cm³/mol. The number of carbonyl (C=O) groups is 2. The third-order valence-electron chi connectivity index (χ3n) is 5.24. The summed E-state index contributed by atoms with van der Waals surface area (Å²) in [5.41, 5.74) is 2.73. The molecule has 0 aromatic heterocycles. The van der Waals surface area contributed by atoms with Gasteiger partial charge in [-0.15, -0.1) is 0 Å². The minimum atomic E-state index is -0.509. The highest BCUT2D eigenvalue weighted by molar-refractivity contribution is 6.46. The molecule has 4 rings (SSSR count). The van der Waals surface area contributed by atoms with Crippen molar-refractivity contribution in [2.45, 2.75) is 13.3 Å². The number of carbonyl (C=O) groups excluding carboxylic acids is 2. The fourth-order valence-corrected chi connectivity index (χ4v) is 3.79. The zero-order chi connectivity index (χ0) is 22.8. The first-order chi connectivity index (χ1) is 15.4. The van der Waals surface area contributed by atoms with Gasteiger partial charge in [0.2, 0.25) is 0 Å². The van der Waals surface area contributed by atoms with E-state index >= 15 is 0 Å². The summed E-state index contributed by atoms with van der Waals surface area (Å²) in [4.78, 5) is 27.9. The normalized spacial score (nSPS) is 13.7. The number of anilines is 2. The third kappa shape index (κ3) is 3.97. The second-order valence-corrected chi connectivity index (χ2v) is 7.60. The Morgan fingerprint density at radius 1 is 0.969 bits per heavy atom.